The number of ether oxygens (including phenoxy) is 3. The predicted molar refractivity (Wildman–Crippen MR) is 88.0 cm³/mol. The van der Waals surface area contributed by atoms with Crippen LogP contribution in [0.15, 0.2) is 42.6 Å². The molecule has 6 heteroatoms. The van der Waals surface area contributed by atoms with Crippen LogP contribution >= 0.6 is 0 Å². The number of carbonyl (C=O) groups excluding carboxylic acids is 1. The second kappa shape index (κ2) is 8.88. The molecule has 0 aliphatic heterocycles. The van der Waals surface area contributed by atoms with E-state index in [4.69, 9.17) is 14.2 Å². The number of aliphatic hydroxyl groups excluding tert-OH is 1. The minimum Gasteiger partial charge on any atom is -0.490 e. The fourth-order valence-corrected chi connectivity index (χ4v) is 2.13. The summed E-state index contributed by atoms with van der Waals surface area (Å²) in [6.45, 7) is 4.11. The van der Waals surface area contributed by atoms with Gasteiger partial charge in [-0.25, -0.2) is 4.79 Å². The number of nitrogens with zero attached hydrogens (tertiary/aromatic N) is 1. The zero-order chi connectivity index (χ0) is 17.4. The molecule has 1 heterocycles. The van der Waals surface area contributed by atoms with E-state index in [9.17, 15) is 9.90 Å². The van der Waals surface area contributed by atoms with Crippen molar-refractivity contribution in [2.24, 2.45) is 0 Å². The highest BCUT2D eigenvalue weighted by molar-refractivity contribution is 5.71. The Bertz CT molecular complexity index is 660. The van der Waals surface area contributed by atoms with Crippen LogP contribution in [0.1, 0.15) is 31.2 Å². The predicted octanol–water partition coefficient (Wildman–Crippen LogP) is 2.50. The van der Waals surface area contributed by atoms with Crippen molar-refractivity contribution in [3.63, 3.8) is 0 Å². The third kappa shape index (κ3) is 4.70. The second-order valence-electron chi connectivity index (χ2n) is 4.89. The molecule has 128 valence electrons. The van der Waals surface area contributed by atoms with Crippen LogP contribution in [-0.2, 0) is 9.53 Å². The van der Waals surface area contributed by atoms with Gasteiger partial charge in [-0.1, -0.05) is 12.1 Å². The van der Waals surface area contributed by atoms with E-state index in [0.29, 0.717) is 36.0 Å². The molecule has 1 unspecified atom stereocenters. The summed E-state index contributed by atoms with van der Waals surface area (Å²) >= 11 is 0. The monoisotopic (exact) mass is 331 g/mol. The summed E-state index contributed by atoms with van der Waals surface area (Å²) in [4.78, 5) is 15.6. The third-order valence-corrected chi connectivity index (χ3v) is 3.20. The molecular formula is C18H21NO5. The summed E-state index contributed by atoms with van der Waals surface area (Å²) in [7, 11) is 0. The molecule has 1 N–H and O–H groups in total. The third-order valence-electron chi connectivity index (χ3n) is 3.20. The normalized spacial score (nSPS) is 11.6. The summed E-state index contributed by atoms with van der Waals surface area (Å²) < 4.78 is 15.8. The summed E-state index contributed by atoms with van der Waals surface area (Å²) in [5, 5.41) is 10.4. The average molecular weight is 331 g/mol. The molecule has 0 amide bonds. The fraction of sp³-hybridized carbons (Fsp3) is 0.333. The number of pyridine rings is 1. The molecule has 2 rings (SSSR count). The Kier molecular flexibility index (Phi) is 6.57. The lowest BCUT2D eigenvalue weighted by atomic mass is 10.1. The van der Waals surface area contributed by atoms with Crippen molar-refractivity contribution in [2.45, 2.75) is 20.0 Å². The molecule has 6 nitrogen and oxygen atoms in total. The van der Waals surface area contributed by atoms with Crippen LogP contribution in [0.5, 0.6) is 11.5 Å². The summed E-state index contributed by atoms with van der Waals surface area (Å²) in [6, 6.07) is 10.4. The lowest BCUT2D eigenvalue weighted by molar-refractivity contribution is -0.145. The van der Waals surface area contributed by atoms with Gasteiger partial charge in [0.2, 0.25) is 0 Å². The quantitative estimate of drug-likeness (QED) is 0.749. The van der Waals surface area contributed by atoms with E-state index in [0.717, 1.165) is 0 Å². The van der Waals surface area contributed by atoms with Crippen LogP contribution < -0.4 is 9.47 Å². The Morgan fingerprint density at radius 1 is 1.12 bits per heavy atom. The first kappa shape index (κ1) is 17.7. The number of carbonyl (C=O) groups is 1. The van der Waals surface area contributed by atoms with Crippen LogP contribution in [0.3, 0.4) is 0 Å². The molecule has 0 radical (unpaired) electrons. The lowest BCUT2D eigenvalue weighted by Crippen LogP contribution is -2.15. The van der Waals surface area contributed by atoms with E-state index in [1.165, 1.54) is 0 Å². The van der Waals surface area contributed by atoms with Crippen molar-refractivity contribution in [3.05, 3.63) is 53.9 Å². The Hall–Kier alpha value is -2.60. The largest absolute Gasteiger partial charge is 0.490 e. The van der Waals surface area contributed by atoms with Gasteiger partial charge in [0.25, 0.3) is 0 Å². The van der Waals surface area contributed by atoms with Gasteiger partial charge in [0.05, 0.1) is 18.9 Å². The molecule has 0 bridgehead atoms. The molecule has 1 atom stereocenters. The molecule has 1 aromatic carbocycles. The van der Waals surface area contributed by atoms with Gasteiger partial charge in [-0.05, 0) is 43.7 Å². The van der Waals surface area contributed by atoms with Gasteiger partial charge < -0.3 is 19.3 Å². The van der Waals surface area contributed by atoms with Crippen LogP contribution in [0.25, 0.3) is 0 Å². The number of benzene rings is 1. The Balaban J connectivity index is 2.18. The van der Waals surface area contributed by atoms with Crippen molar-refractivity contribution >= 4 is 5.97 Å². The van der Waals surface area contributed by atoms with Gasteiger partial charge in [0.1, 0.15) is 6.10 Å². The molecule has 0 saturated heterocycles. The van der Waals surface area contributed by atoms with Crippen molar-refractivity contribution in [1.82, 2.24) is 4.98 Å². The first-order chi connectivity index (χ1) is 11.7. The number of hydrogen-bond donors (Lipinski definition) is 1. The van der Waals surface area contributed by atoms with Crippen molar-refractivity contribution in [2.75, 3.05) is 19.8 Å². The Morgan fingerprint density at radius 2 is 1.96 bits per heavy atom. The van der Waals surface area contributed by atoms with Crippen molar-refractivity contribution < 1.29 is 24.1 Å². The van der Waals surface area contributed by atoms with E-state index in [-0.39, 0.29) is 6.61 Å². The molecular weight excluding hydrogens is 310 g/mol. The summed E-state index contributed by atoms with van der Waals surface area (Å²) in [5.74, 6) is 0.425. The number of hydrogen-bond acceptors (Lipinski definition) is 6. The van der Waals surface area contributed by atoms with Crippen LogP contribution in [0.2, 0.25) is 0 Å². The summed E-state index contributed by atoms with van der Waals surface area (Å²) in [6.07, 6.45) is 0.753. The number of rotatable bonds is 8. The van der Waals surface area contributed by atoms with Crippen LogP contribution in [0.4, 0.5) is 0 Å². The zero-order valence-electron chi connectivity index (χ0n) is 13.8. The highest BCUT2D eigenvalue weighted by Crippen LogP contribution is 2.32. The SMILES string of the molecule is CCOC(=O)COc1ccc(C(O)c2ccccn2)cc1OCC. The average Bonchev–Trinajstić information content (AvgIpc) is 2.61. The highest BCUT2D eigenvalue weighted by atomic mass is 16.6. The van der Waals surface area contributed by atoms with E-state index < -0.39 is 12.1 Å². The molecule has 24 heavy (non-hydrogen) atoms. The van der Waals surface area contributed by atoms with Crippen molar-refractivity contribution in [3.8, 4) is 11.5 Å². The van der Waals surface area contributed by atoms with Gasteiger partial charge in [-0.2, -0.15) is 0 Å². The standard InChI is InChI=1S/C18H21NO5/c1-3-22-16-11-13(18(21)14-7-5-6-10-19-14)8-9-15(16)24-12-17(20)23-4-2/h5-11,18,21H,3-4,12H2,1-2H3. The van der Waals surface area contributed by atoms with Gasteiger partial charge >= 0.3 is 5.97 Å². The van der Waals surface area contributed by atoms with E-state index >= 15 is 0 Å². The molecule has 0 aliphatic rings. The minimum atomic E-state index is -0.871. The van der Waals surface area contributed by atoms with E-state index in [1.807, 2.05) is 13.0 Å². The number of aromatic nitrogens is 1. The van der Waals surface area contributed by atoms with Gasteiger partial charge in [0, 0.05) is 6.20 Å². The number of aliphatic hydroxyl groups is 1. The van der Waals surface area contributed by atoms with E-state index in [1.54, 1.807) is 43.5 Å². The van der Waals surface area contributed by atoms with Gasteiger partial charge in [-0.15, -0.1) is 0 Å². The highest BCUT2D eigenvalue weighted by Gasteiger charge is 2.16. The smallest absolute Gasteiger partial charge is 0.344 e. The maximum Gasteiger partial charge on any atom is 0.344 e. The maximum absolute atomic E-state index is 11.4. The summed E-state index contributed by atoms with van der Waals surface area (Å²) in [5.41, 5.74) is 1.17. The maximum atomic E-state index is 11.4. The molecule has 1 aromatic heterocycles. The first-order valence-electron chi connectivity index (χ1n) is 7.79. The zero-order valence-corrected chi connectivity index (χ0v) is 13.8. The molecule has 0 fully saturated rings. The minimum absolute atomic E-state index is 0.198. The molecule has 0 spiro atoms. The van der Waals surface area contributed by atoms with Gasteiger partial charge in [0.15, 0.2) is 18.1 Å². The fourth-order valence-electron chi connectivity index (χ4n) is 2.13. The molecule has 0 aliphatic carbocycles. The number of esters is 1. The Labute approximate surface area is 141 Å². The second-order valence-corrected chi connectivity index (χ2v) is 4.89. The Morgan fingerprint density at radius 3 is 2.62 bits per heavy atom. The van der Waals surface area contributed by atoms with Crippen LogP contribution in [0, 0.1) is 0 Å². The lowest BCUT2D eigenvalue weighted by Gasteiger charge is -2.15. The molecule has 2 aromatic rings. The molecule has 0 saturated carbocycles. The van der Waals surface area contributed by atoms with E-state index in [2.05, 4.69) is 4.98 Å². The van der Waals surface area contributed by atoms with Gasteiger partial charge in [-0.3, -0.25) is 4.98 Å². The topological polar surface area (TPSA) is 77.9 Å². The van der Waals surface area contributed by atoms with Crippen molar-refractivity contribution in [1.29, 1.82) is 0 Å². The first-order valence-corrected chi connectivity index (χ1v) is 7.79. The van der Waals surface area contributed by atoms with Crippen LogP contribution in [-0.4, -0.2) is 35.9 Å².